The van der Waals surface area contributed by atoms with E-state index < -0.39 is 0 Å². The van der Waals surface area contributed by atoms with Crippen molar-refractivity contribution in [2.45, 2.75) is 59.0 Å². The van der Waals surface area contributed by atoms with Gasteiger partial charge in [-0.1, -0.05) is 31.2 Å². The highest BCUT2D eigenvalue weighted by atomic mass is 16.5. The molecule has 0 aliphatic carbocycles. The summed E-state index contributed by atoms with van der Waals surface area (Å²) in [6.07, 6.45) is 2.25. The molecule has 0 unspecified atom stereocenters. The summed E-state index contributed by atoms with van der Waals surface area (Å²) in [7, 11) is 0. The van der Waals surface area contributed by atoms with E-state index in [4.69, 9.17) is 4.52 Å². The lowest BCUT2D eigenvalue weighted by atomic mass is 10.0. The molecule has 1 fully saturated rings. The van der Waals surface area contributed by atoms with Crippen LogP contribution in [0.15, 0.2) is 27.7 Å². The molecule has 1 aromatic heterocycles. The van der Waals surface area contributed by atoms with Crippen molar-refractivity contribution in [1.29, 1.82) is 0 Å². The SMILES string of the molecule is C=C(C)CN1CCC(NC(=NCc2cc(C(C)C)no2)NCC)CC1. The topological polar surface area (TPSA) is 65.7 Å². The summed E-state index contributed by atoms with van der Waals surface area (Å²) in [5.74, 6) is 2.03. The van der Waals surface area contributed by atoms with Crippen LogP contribution in [0.4, 0.5) is 0 Å². The summed E-state index contributed by atoms with van der Waals surface area (Å²) >= 11 is 0. The number of aliphatic imine (C=N–C) groups is 1. The van der Waals surface area contributed by atoms with Crippen LogP contribution in [0.5, 0.6) is 0 Å². The third-order valence-corrected chi connectivity index (χ3v) is 4.33. The van der Waals surface area contributed by atoms with E-state index in [9.17, 15) is 0 Å². The molecule has 2 rings (SSSR count). The van der Waals surface area contributed by atoms with Gasteiger partial charge in [-0.3, -0.25) is 4.90 Å². The van der Waals surface area contributed by atoms with Crippen LogP contribution in [0.25, 0.3) is 0 Å². The standard InChI is InChI=1S/C19H33N5O/c1-6-20-19(21-12-17-11-18(15(4)5)23-25-17)22-16-7-9-24(10-8-16)13-14(2)3/h11,15-16H,2,6-10,12-13H2,1,3-5H3,(H2,20,21,22). The van der Waals surface area contributed by atoms with Gasteiger partial charge < -0.3 is 15.2 Å². The number of piperidine rings is 1. The zero-order valence-corrected chi connectivity index (χ0v) is 16.1. The van der Waals surface area contributed by atoms with Crippen molar-refractivity contribution in [3.8, 4) is 0 Å². The van der Waals surface area contributed by atoms with Crippen LogP contribution in [0, 0.1) is 0 Å². The summed E-state index contributed by atoms with van der Waals surface area (Å²) in [5.41, 5.74) is 2.21. The quantitative estimate of drug-likeness (QED) is 0.451. The highest BCUT2D eigenvalue weighted by molar-refractivity contribution is 5.80. The number of guanidine groups is 1. The lowest BCUT2D eigenvalue weighted by Gasteiger charge is -2.33. The van der Waals surface area contributed by atoms with E-state index in [-0.39, 0.29) is 0 Å². The fourth-order valence-electron chi connectivity index (χ4n) is 2.96. The lowest BCUT2D eigenvalue weighted by molar-refractivity contribution is 0.221. The van der Waals surface area contributed by atoms with E-state index >= 15 is 0 Å². The maximum atomic E-state index is 5.37. The van der Waals surface area contributed by atoms with Gasteiger partial charge in [0.05, 0.1) is 5.69 Å². The van der Waals surface area contributed by atoms with Crippen molar-refractivity contribution in [3.63, 3.8) is 0 Å². The summed E-state index contributed by atoms with van der Waals surface area (Å²) in [6, 6.07) is 2.45. The van der Waals surface area contributed by atoms with Gasteiger partial charge in [-0.05, 0) is 32.6 Å². The molecule has 0 radical (unpaired) electrons. The van der Waals surface area contributed by atoms with Crippen molar-refractivity contribution in [2.24, 2.45) is 4.99 Å². The monoisotopic (exact) mass is 347 g/mol. The third kappa shape index (κ3) is 6.53. The molecular formula is C19H33N5O. The molecule has 1 saturated heterocycles. The largest absolute Gasteiger partial charge is 0.359 e. The minimum atomic E-state index is 0.372. The maximum Gasteiger partial charge on any atom is 0.191 e. The fraction of sp³-hybridized carbons (Fsp3) is 0.684. The molecule has 0 aromatic carbocycles. The van der Waals surface area contributed by atoms with Crippen LogP contribution >= 0.6 is 0 Å². The fourth-order valence-corrected chi connectivity index (χ4v) is 2.96. The van der Waals surface area contributed by atoms with Gasteiger partial charge in [0.15, 0.2) is 11.7 Å². The second kappa shape index (κ2) is 9.61. The number of rotatable bonds is 7. The van der Waals surface area contributed by atoms with Crippen molar-refractivity contribution in [2.75, 3.05) is 26.2 Å². The Morgan fingerprint density at radius 3 is 2.72 bits per heavy atom. The second-order valence-corrected chi connectivity index (χ2v) is 7.22. The van der Waals surface area contributed by atoms with Gasteiger partial charge >= 0.3 is 0 Å². The van der Waals surface area contributed by atoms with Gasteiger partial charge in [-0.15, -0.1) is 0 Å². The number of hydrogen-bond donors (Lipinski definition) is 2. The van der Waals surface area contributed by atoms with Crippen LogP contribution < -0.4 is 10.6 Å². The molecule has 25 heavy (non-hydrogen) atoms. The van der Waals surface area contributed by atoms with Crippen molar-refractivity contribution < 1.29 is 4.52 Å². The van der Waals surface area contributed by atoms with Gasteiger partial charge in [0.1, 0.15) is 6.54 Å². The molecule has 0 amide bonds. The Balaban J connectivity index is 1.86. The van der Waals surface area contributed by atoms with E-state index in [1.165, 1.54) is 5.57 Å². The first-order valence-electron chi connectivity index (χ1n) is 9.35. The molecule has 2 heterocycles. The van der Waals surface area contributed by atoms with Crippen LogP contribution in [0.2, 0.25) is 0 Å². The Hall–Kier alpha value is -1.82. The second-order valence-electron chi connectivity index (χ2n) is 7.22. The molecule has 1 aliphatic heterocycles. The first-order chi connectivity index (χ1) is 12.0. The average Bonchev–Trinajstić information content (AvgIpc) is 3.03. The van der Waals surface area contributed by atoms with E-state index in [1.807, 2.05) is 6.07 Å². The van der Waals surface area contributed by atoms with E-state index in [1.54, 1.807) is 0 Å². The Morgan fingerprint density at radius 1 is 1.44 bits per heavy atom. The number of hydrogen-bond acceptors (Lipinski definition) is 4. The normalized spacial score (nSPS) is 17.1. The van der Waals surface area contributed by atoms with Gasteiger partial charge in [-0.2, -0.15) is 0 Å². The Morgan fingerprint density at radius 2 is 2.16 bits per heavy atom. The predicted molar refractivity (Wildman–Crippen MR) is 103 cm³/mol. The summed E-state index contributed by atoms with van der Waals surface area (Å²) in [6.45, 7) is 16.9. The maximum absolute atomic E-state index is 5.37. The number of likely N-dealkylation sites (tertiary alicyclic amines) is 1. The Kier molecular flexibility index (Phi) is 7.50. The molecule has 0 bridgehead atoms. The molecular weight excluding hydrogens is 314 g/mol. The molecule has 1 aliphatic rings. The molecule has 1 aromatic rings. The minimum Gasteiger partial charge on any atom is -0.359 e. The molecule has 0 saturated carbocycles. The zero-order chi connectivity index (χ0) is 18.2. The van der Waals surface area contributed by atoms with E-state index in [0.29, 0.717) is 18.5 Å². The number of nitrogens with one attached hydrogen (secondary N) is 2. The molecule has 6 heteroatoms. The molecule has 0 spiro atoms. The lowest BCUT2D eigenvalue weighted by Crippen LogP contribution is -2.48. The first kappa shape index (κ1) is 19.5. The number of aromatic nitrogens is 1. The Bertz CT molecular complexity index is 570. The molecule has 2 N–H and O–H groups in total. The van der Waals surface area contributed by atoms with Crippen LogP contribution in [0.1, 0.15) is 57.9 Å². The van der Waals surface area contributed by atoms with Crippen LogP contribution in [-0.2, 0) is 6.54 Å². The van der Waals surface area contributed by atoms with Crippen LogP contribution in [0.3, 0.4) is 0 Å². The van der Waals surface area contributed by atoms with Gasteiger partial charge in [-0.25, -0.2) is 4.99 Å². The predicted octanol–water partition coefficient (Wildman–Crippen LogP) is 2.89. The van der Waals surface area contributed by atoms with Crippen molar-refractivity contribution in [1.82, 2.24) is 20.7 Å². The van der Waals surface area contributed by atoms with E-state index in [0.717, 1.165) is 56.4 Å². The summed E-state index contributed by atoms with van der Waals surface area (Å²) in [4.78, 5) is 7.12. The minimum absolute atomic E-state index is 0.372. The third-order valence-electron chi connectivity index (χ3n) is 4.33. The van der Waals surface area contributed by atoms with Gasteiger partial charge in [0.25, 0.3) is 0 Å². The van der Waals surface area contributed by atoms with Gasteiger partial charge in [0.2, 0.25) is 0 Å². The Labute approximate surface area is 151 Å². The molecule has 0 atom stereocenters. The average molecular weight is 348 g/mol. The molecule has 6 nitrogen and oxygen atoms in total. The number of nitrogens with zero attached hydrogens (tertiary/aromatic N) is 3. The zero-order valence-electron chi connectivity index (χ0n) is 16.1. The molecule has 140 valence electrons. The van der Waals surface area contributed by atoms with Gasteiger partial charge in [0, 0.05) is 38.3 Å². The van der Waals surface area contributed by atoms with Crippen molar-refractivity contribution in [3.05, 3.63) is 29.7 Å². The van der Waals surface area contributed by atoms with Crippen LogP contribution in [-0.4, -0.2) is 48.2 Å². The highest BCUT2D eigenvalue weighted by Gasteiger charge is 2.19. The summed E-state index contributed by atoms with van der Waals surface area (Å²) < 4.78 is 5.37. The summed E-state index contributed by atoms with van der Waals surface area (Å²) in [5, 5.41) is 11.0. The highest BCUT2D eigenvalue weighted by Crippen LogP contribution is 2.15. The van der Waals surface area contributed by atoms with E-state index in [2.05, 4.69) is 60.0 Å². The smallest absolute Gasteiger partial charge is 0.191 e. The van der Waals surface area contributed by atoms with Crippen molar-refractivity contribution >= 4 is 5.96 Å². The first-order valence-corrected chi connectivity index (χ1v) is 9.35.